The zero-order chi connectivity index (χ0) is 49.0. The minimum atomic E-state index is -0.596. The molecule has 4 aromatic heterocycles. The molecule has 0 aliphatic carbocycles. The highest BCUT2D eigenvalue weighted by Gasteiger charge is 2.19. The summed E-state index contributed by atoms with van der Waals surface area (Å²) in [4.78, 5) is 71.6. The Kier molecular flexibility index (Phi) is 18.6. The van der Waals surface area contributed by atoms with Gasteiger partial charge in [-0.3, -0.25) is 19.4 Å². The van der Waals surface area contributed by atoms with Gasteiger partial charge >= 0.3 is 0 Å². The van der Waals surface area contributed by atoms with Crippen LogP contribution in [0.25, 0.3) is 33.8 Å². The van der Waals surface area contributed by atoms with Crippen molar-refractivity contribution in [3.05, 3.63) is 156 Å². The van der Waals surface area contributed by atoms with Crippen molar-refractivity contribution in [2.75, 3.05) is 73.8 Å². The monoisotopic (exact) mass is 931 g/mol. The number of rotatable bonds is 17. The summed E-state index contributed by atoms with van der Waals surface area (Å²) in [7, 11) is 0. The summed E-state index contributed by atoms with van der Waals surface area (Å²) in [6.07, 6.45) is 3.42. The first-order chi connectivity index (χ1) is 33.6. The predicted octanol–water partition coefficient (Wildman–Crippen LogP) is 5.24. The Bertz CT molecular complexity index is 2730. The van der Waals surface area contributed by atoms with Crippen LogP contribution in [0.3, 0.4) is 0 Å². The minimum Gasteiger partial charge on any atom is -0.395 e. The number of likely N-dealkylation sites (N-methyl/N-ethyl adjacent to an activating group) is 1. The number of primary amides is 3. The number of carbonyl (C=O) groups excluding carboxylic acids is 3. The van der Waals surface area contributed by atoms with Crippen LogP contribution in [0.1, 0.15) is 57.4 Å². The second kappa shape index (κ2) is 25.6. The molecule has 0 saturated carbocycles. The van der Waals surface area contributed by atoms with Gasteiger partial charge in [0.1, 0.15) is 17.1 Å². The summed E-state index contributed by atoms with van der Waals surface area (Å²) >= 11 is 0. The highest BCUT2D eigenvalue weighted by molar-refractivity contribution is 5.93. The van der Waals surface area contributed by atoms with Gasteiger partial charge in [0.25, 0.3) is 17.7 Å². The zero-order valence-electron chi connectivity index (χ0n) is 38.8. The summed E-state index contributed by atoms with van der Waals surface area (Å²) in [6, 6.07) is 39.6. The van der Waals surface area contributed by atoms with E-state index in [9.17, 15) is 19.5 Å². The van der Waals surface area contributed by atoms with Gasteiger partial charge in [-0.15, -0.1) is 0 Å². The Morgan fingerprint density at radius 1 is 0.580 bits per heavy atom. The van der Waals surface area contributed by atoms with E-state index in [0.29, 0.717) is 87.4 Å². The van der Waals surface area contributed by atoms with Crippen molar-refractivity contribution in [3.8, 4) is 33.8 Å². The lowest BCUT2D eigenvalue weighted by atomic mass is 10.1. The average Bonchev–Trinajstić information content (AvgIpc) is 3.40. The van der Waals surface area contributed by atoms with Crippen LogP contribution in [0.15, 0.2) is 134 Å². The molecule has 0 spiro atoms. The first-order valence-electron chi connectivity index (χ1n) is 22.6. The first-order valence-corrected chi connectivity index (χ1v) is 22.6. The van der Waals surface area contributed by atoms with Crippen molar-refractivity contribution in [1.29, 1.82) is 0 Å². The molecule has 8 rings (SSSR count). The number of aliphatic hydroxyl groups is 1. The number of nitrogens with two attached hydrogens (primary N) is 3. The zero-order valence-corrected chi connectivity index (χ0v) is 38.8. The second-order valence-corrected chi connectivity index (χ2v) is 15.5. The van der Waals surface area contributed by atoms with Gasteiger partial charge in [0.15, 0.2) is 0 Å². The van der Waals surface area contributed by atoms with Crippen LogP contribution in [0.5, 0.6) is 0 Å². The molecule has 1 aliphatic heterocycles. The van der Waals surface area contributed by atoms with Gasteiger partial charge in [0, 0.05) is 74.3 Å². The number of aromatic nitrogens is 7. The molecule has 5 heterocycles. The third kappa shape index (κ3) is 14.6. The van der Waals surface area contributed by atoms with Crippen LogP contribution in [0.2, 0.25) is 0 Å². The number of amides is 3. The number of aliphatic hydroxyl groups excluding tert-OH is 1. The maximum absolute atomic E-state index is 11.7. The van der Waals surface area contributed by atoms with E-state index in [1.165, 1.54) is 0 Å². The summed E-state index contributed by atoms with van der Waals surface area (Å²) in [5.41, 5.74) is 22.6. The number of morpholine rings is 1. The van der Waals surface area contributed by atoms with Crippen molar-refractivity contribution in [1.82, 2.24) is 34.9 Å². The molecular formula is C51H57N13O5. The molecule has 0 atom stereocenters. The number of hydrogen-bond acceptors (Lipinski definition) is 15. The van der Waals surface area contributed by atoms with Crippen molar-refractivity contribution in [2.24, 2.45) is 17.2 Å². The van der Waals surface area contributed by atoms with Crippen molar-refractivity contribution < 1.29 is 24.2 Å². The second-order valence-electron chi connectivity index (χ2n) is 15.5. The molecule has 0 unspecified atom stereocenters. The van der Waals surface area contributed by atoms with Crippen LogP contribution < -0.4 is 31.9 Å². The third-order valence-corrected chi connectivity index (χ3v) is 10.6. The molecule has 1 saturated heterocycles. The number of ether oxygens (including phenoxy) is 1. The Morgan fingerprint density at radius 3 is 1.48 bits per heavy atom. The Labute approximate surface area is 401 Å². The molecule has 7 aromatic rings. The van der Waals surface area contributed by atoms with E-state index in [1.807, 2.05) is 138 Å². The molecule has 18 nitrogen and oxygen atoms in total. The first kappa shape index (κ1) is 50.2. The normalized spacial score (nSPS) is 11.8. The molecule has 1 fully saturated rings. The van der Waals surface area contributed by atoms with Gasteiger partial charge in [-0.1, -0.05) is 104 Å². The molecule has 69 heavy (non-hydrogen) atoms. The lowest BCUT2D eigenvalue weighted by molar-refractivity contribution is 0.0987. The maximum Gasteiger partial charge on any atom is 0.267 e. The molecule has 3 amide bonds. The van der Waals surface area contributed by atoms with Gasteiger partial charge in [0.2, 0.25) is 17.8 Å². The highest BCUT2D eigenvalue weighted by atomic mass is 16.5. The Hall–Kier alpha value is -8.22. The maximum atomic E-state index is 11.7. The third-order valence-electron chi connectivity index (χ3n) is 10.6. The van der Waals surface area contributed by atoms with Gasteiger partial charge in [-0.25, -0.2) is 29.9 Å². The topological polar surface area (TPSA) is 259 Å². The van der Waals surface area contributed by atoms with Crippen LogP contribution >= 0.6 is 0 Å². The van der Waals surface area contributed by atoms with Gasteiger partial charge in [-0.2, -0.15) is 0 Å². The van der Waals surface area contributed by atoms with Crippen molar-refractivity contribution in [3.63, 3.8) is 0 Å². The molecule has 0 bridgehead atoms. The Balaban J connectivity index is 0.000000171. The quantitative estimate of drug-likeness (QED) is 0.0911. The molecular weight excluding hydrogens is 875 g/mol. The summed E-state index contributed by atoms with van der Waals surface area (Å²) in [5, 5.41) is 9.20. The smallest absolute Gasteiger partial charge is 0.267 e. The van der Waals surface area contributed by atoms with Crippen LogP contribution in [0.4, 0.5) is 17.8 Å². The SMILES string of the molecule is CCCN(CCO)c1nc(C(N)=O)cc(-c2ccccc2)n1.CCN(CCc1ccccn1)c1nc(C(N)=O)cc(-c2ccccc2)n1.NC(=O)c1cc(-c2ccccc2)nc(N2CCOCC2)n1. The lowest BCUT2D eigenvalue weighted by Crippen LogP contribution is -2.37. The van der Waals surface area contributed by atoms with E-state index in [1.54, 1.807) is 24.4 Å². The van der Waals surface area contributed by atoms with Crippen LogP contribution in [0, 0.1) is 0 Å². The van der Waals surface area contributed by atoms with E-state index in [2.05, 4.69) is 34.9 Å². The number of anilines is 3. The van der Waals surface area contributed by atoms with Crippen LogP contribution in [-0.2, 0) is 11.2 Å². The molecule has 18 heteroatoms. The number of carbonyl (C=O) groups is 3. The predicted molar refractivity (Wildman–Crippen MR) is 266 cm³/mol. The molecule has 1 aliphatic rings. The van der Waals surface area contributed by atoms with E-state index >= 15 is 0 Å². The van der Waals surface area contributed by atoms with E-state index in [4.69, 9.17) is 21.9 Å². The number of benzene rings is 3. The summed E-state index contributed by atoms with van der Waals surface area (Å²) < 4.78 is 5.32. The highest BCUT2D eigenvalue weighted by Crippen LogP contribution is 2.24. The summed E-state index contributed by atoms with van der Waals surface area (Å²) in [6.45, 7) is 9.23. The van der Waals surface area contributed by atoms with Gasteiger partial charge < -0.3 is 41.7 Å². The van der Waals surface area contributed by atoms with E-state index in [-0.39, 0.29) is 23.7 Å². The molecule has 3 aromatic carbocycles. The average molecular weight is 932 g/mol. The van der Waals surface area contributed by atoms with Crippen molar-refractivity contribution >= 4 is 35.6 Å². The van der Waals surface area contributed by atoms with Crippen LogP contribution in [-0.4, -0.2) is 117 Å². The largest absolute Gasteiger partial charge is 0.395 e. The van der Waals surface area contributed by atoms with Gasteiger partial charge in [0.05, 0.1) is 36.9 Å². The minimum absolute atomic E-state index is 0.00910. The van der Waals surface area contributed by atoms with Gasteiger partial charge in [-0.05, 0) is 43.7 Å². The van der Waals surface area contributed by atoms with E-state index in [0.717, 1.165) is 35.2 Å². The molecule has 0 radical (unpaired) electrons. The fourth-order valence-corrected chi connectivity index (χ4v) is 7.04. The molecule has 356 valence electrons. The number of nitrogens with zero attached hydrogens (tertiary/aromatic N) is 10. The fraction of sp³-hybridized carbons (Fsp3) is 0.255. The number of hydrogen-bond donors (Lipinski definition) is 4. The van der Waals surface area contributed by atoms with Crippen molar-refractivity contribution in [2.45, 2.75) is 26.7 Å². The molecule has 7 N–H and O–H groups in total. The van der Waals surface area contributed by atoms with E-state index < -0.39 is 17.7 Å². The standard InChI is InChI=1S/C20H21N5O.C16H20N4O2.C15H16N4O2/c1-2-25(13-11-16-10-6-7-12-22-16)20-23-17(14-18(24-20)19(21)26)15-8-4-3-5-9-15;1-2-8-20(9-10-21)16-18-13(11-14(19-16)15(17)22)12-6-4-3-5-7-12;16-14(20)13-10-12(11-4-2-1-3-5-11)17-15(18-13)19-6-8-21-9-7-19/h3-10,12,14H,2,11,13H2,1H3,(H2,21,26);3-7,11,21H,2,8-10H2,1H3,(H2,17,22);1-5,10H,6-9H2,(H2,16,20). The summed E-state index contributed by atoms with van der Waals surface area (Å²) in [5.74, 6) is -0.282. The lowest BCUT2D eigenvalue weighted by Gasteiger charge is -2.27. The number of pyridine rings is 1. The fourth-order valence-electron chi connectivity index (χ4n) is 7.04. The Morgan fingerprint density at radius 2 is 1.04 bits per heavy atom.